The van der Waals surface area contributed by atoms with Crippen molar-refractivity contribution in [1.82, 2.24) is 10.6 Å². The first-order chi connectivity index (χ1) is 15.7. The van der Waals surface area contributed by atoms with Crippen molar-refractivity contribution in [2.45, 2.75) is 33.7 Å². The van der Waals surface area contributed by atoms with Crippen LogP contribution < -0.4 is 20.3 Å². The van der Waals surface area contributed by atoms with E-state index in [1.807, 2.05) is 6.92 Å². The topological polar surface area (TPSA) is 58.1 Å². The minimum Gasteiger partial charge on any atom is -0.491 e. The van der Waals surface area contributed by atoms with Gasteiger partial charge in [-0.3, -0.25) is 0 Å². The molecule has 0 bridgehead atoms. The van der Waals surface area contributed by atoms with E-state index in [0.29, 0.717) is 32.3 Å². The van der Waals surface area contributed by atoms with Gasteiger partial charge in [0.25, 0.3) is 0 Å². The molecule has 7 heteroatoms. The second-order valence-electron chi connectivity index (χ2n) is 8.17. The highest BCUT2D eigenvalue weighted by atomic mass is 127. The van der Waals surface area contributed by atoms with Gasteiger partial charge in [-0.15, -0.1) is 24.0 Å². The molecule has 2 aromatic carbocycles. The number of aryl methyl sites for hydroxylation is 1. The zero-order chi connectivity index (χ0) is 22.6. The van der Waals surface area contributed by atoms with Crippen LogP contribution in [0.4, 0.5) is 5.69 Å². The van der Waals surface area contributed by atoms with Crippen molar-refractivity contribution in [3.63, 3.8) is 0 Å². The summed E-state index contributed by atoms with van der Waals surface area (Å²) in [7, 11) is 0. The summed E-state index contributed by atoms with van der Waals surface area (Å²) < 4.78 is 11.4. The molecule has 1 unspecified atom stereocenters. The van der Waals surface area contributed by atoms with Gasteiger partial charge in [-0.05, 0) is 56.9 Å². The molecule has 1 aliphatic rings. The van der Waals surface area contributed by atoms with Gasteiger partial charge in [0.05, 0.1) is 13.2 Å². The predicted octanol–water partition coefficient (Wildman–Crippen LogP) is 4.61. The Hall–Kier alpha value is -2.00. The second-order valence-corrected chi connectivity index (χ2v) is 8.17. The number of nitrogens with one attached hydrogen (secondary N) is 2. The van der Waals surface area contributed by atoms with E-state index in [4.69, 9.17) is 14.5 Å². The fraction of sp³-hybridized carbons (Fsp3) is 0.500. The number of benzene rings is 2. The lowest BCUT2D eigenvalue weighted by atomic mass is 10.1. The van der Waals surface area contributed by atoms with E-state index in [-0.39, 0.29) is 24.0 Å². The zero-order valence-electron chi connectivity index (χ0n) is 20.2. The van der Waals surface area contributed by atoms with Crippen LogP contribution in [0.25, 0.3) is 0 Å². The SMILES string of the molecule is CCNC(=NCc1ccc(C)cc1OCCOCC)NCC1CCN(c2ccccc2)C1.I. The molecule has 0 amide bonds. The lowest BCUT2D eigenvalue weighted by Crippen LogP contribution is -2.40. The van der Waals surface area contributed by atoms with Crippen molar-refractivity contribution >= 4 is 35.6 Å². The molecule has 1 saturated heterocycles. The lowest BCUT2D eigenvalue weighted by Gasteiger charge is -2.19. The first-order valence-electron chi connectivity index (χ1n) is 11.8. The summed E-state index contributed by atoms with van der Waals surface area (Å²) in [4.78, 5) is 7.29. The van der Waals surface area contributed by atoms with E-state index in [1.54, 1.807) is 0 Å². The maximum atomic E-state index is 5.97. The minimum atomic E-state index is 0. The van der Waals surface area contributed by atoms with Gasteiger partial charge < -0.3 is 25.0 Å². The number of hydrogen-bond donors (Lipinski definition) is 2. The monoisotopic (exact) mass is 566 g/mol. The Kier molecular flexibility index (Phi) is 12.4. The lowest BCUT2D eigenvalue weighted by molar-refractivity contribution is 0.110. The molecule has 0 spiro atoms. The van der Waals surface area contributed by atoms with Crippen molar-refractivity contribution in [3.05, 3.63) is 59.7 Å². The third kappa shape index (κ3) is 9.04. The van der Waals surface area contributed by atoms with Gasteiger partial charge in [0.1, 0.15) is 12.4 Å². The van der Waals surface area contributed by atoms with Crippen molar-refractivity contribution in [2.24, 2.45) is 10.9 Å². The summed E-state index contributed by atoms with van der Waals surface area (Å²) in [6.07, 6.45) is 1.19. The maximum Gasteiger partial charge on any atom is 0.191 e. The number of ether oxygens (including phenoxy) is 2. The number of para-hydroxylation sites is 1. The van der Waals surface area contributed by atoms with Crippen LogP contribution in [-0.4, -0.2) is 52.0 Å². The highest BCUT2D eigenvalue weighted by Crippen LogP contribution is 2.23. The van der Waals surface area contributed by atoms with Crippen LogP contribution in [0.2, 0.25) is 0 Å². The summed E-state index contributed by atoms with van der Waals surface area (Å²) in [6, 6.07) is 17.0. The Labute approximate surface area is 216 Å². The molecule has 1 aliphatic heterocycles. The first kappa shape index (κ1) is 27.2. The molecule has 0 saturated carbocycles. The number of halogens is 1. The molecule has 2 N–H and O–H groups in total. The molecular formula is C26H39IN4O2. The third-order valence-corrected chi connectivity index (χ3v) is 5.63. The van der Waals surface area contributed by atoms with Gasteiger partial charge in [0, 0.05) is 44.0 Å². The molecule has 1 heterocycles. The van der Waals surface area contributed by atoms with Crippen LogP contribution in [0.5, 0.6) is 5.75 Å². The Bertz CT molecular complexity index is 847. The number of nitrogens with zero attached hydrogens (tertiary/aromatic N) is 2. The smallest absolute Gasteiger partial charge is 0.191 e. The summed E-state index contributed by atoms with van der Waals surface area (Å²) in [5, 5.41) is 6.92. The highest BCUT2D eigenvalue weighted by Gasteiger charge is 2.22. The van der Waals surface area contributed by atoms with E-state index in [2.05, 4.69) is 77.9 Å². The molecule has 182 valence electrons. The molecular weight excluding hydrogens is 527 g/mol. The van der Waals surface area contributed by atoms with Crippen molar-refractivity contribution in [3.8, 4) is 5.75 Å². The average molecular weight is 567 g/mol. The summed E-state index contributed by atoms with van der Waals surface area (Å²) in [5.41, 5.74) is 3.57. The molecule has 0 aromatic heterocycles. The third-order valence-electron chi connectivity index (χ3n) is 5.63. The summed E-state index contributed by atoms with van der Waals surface area (Å²) in [6.45, 7) is 12.5. The number of hydrogen-bond acceptors (Lipinski definition) is 4. The van der Waals surface area contributed by atoms with Crippen LogP contribution in [0.1, 0.15) is 31.4 Å². The maximum absolute atomic E-state index is 5.97. The normalized spacial score (nSPS) is 15.8. The van der Waals surface area contributed by atoms with Gasteiger partial charge in [0.15, 0.2) is 5.96 Å². The van der Waals surface area contributed by atoms with Crippen molar-refractivity contribution in [1.29, 1.82) is 0 Å². The molecule has 3 rings (SSSR count). The summed E-state index contributed by atoms with van der Waals surface area (Å²) >= 11 is 0. The number of rotatable bonds is 11. The van der Waals surface area contributed by atoms with Gasteiger partial charge >= 0.3 is 0 Å². The van der Waals surface area contributed by atoms with E-state index < -0.39 is 0 Å². The Morgan fingerprint density at radius 2 is 1.91 bits per heavy atom. The van der Waals surface area contributed by atoms with Crippen molar-refractivity contribution < 1.29 is 9.47 Å². The largest absolute Gasteiger partial charge is 0.491 e. The standard InChI is InChI=1S/C26H38N4O2.HI/c1-4-27-26(28-18-22-13-14-30(20-22)24-9-7-6-8-10-24)29-19-23-12-11-21(3)17-25(23)32-16-15-31-5-2;/h6-12,17,22H,4-5,13-16,18-20H2,1-3H3,(H2,27,28,29);1H. The summed E-state index contributed by atoms with van der Waals surface area (Å²) in [5.74, 6) is 2.35. The van der Waals surface area contributed by atoms with E-state index in [0.717, 1.165) is 43.5 Å². The van der Waals surface area contributed by atoms with Crippen LogP contribution >= 0.6 is 24.0 Å². The van der Waals surface area contributed by atoms with E-state index in [9.17, 15) is 0 Å². The highest BCUT2D eigenvalue weighted by molar-refractivity contribution is 14.0. The molecule has 2 aromatic rings. The van der Waals surface area contributed by atoms with Gasteiger partial charge in [0.2, 0.25) is 0 Å². The molecule has 33 heavy (non-hydrogen) atoms. The van der Waals surface area contributed by atoms with Crippen LogP contribution in [-0.2, 0) is 11.3 Å². The predicted molar refractivity (Wildman–Crippen MR) is 148 cm³/mol. The Morgan fingerprint density at radius 3 is 2.67 bits per heavy atom. The molecule has 6 nitrogen and oxygen atoms in total. The van der Waals surface area contributed by atoms with Crippen LogP contribution in [0.3, 0.4) is 0 Å². The minimum absolute atomic E-state index is 0. The van der Waals surface area contributed by atoms with Gasteiger partial charge in [-0.2, -0.15) is 0 Å². The molecule has 0 radical (unpaired) electrons. The molecule has 0 aliphatic carbocycles. The fourth-order valence-electron chi connectivity index (χ4n) is 3.90. The first-order valence-corrected chi connectivity index (χ1v) is 11.8. The average Bonchev–Trinajstić information content (AvgIpc) is 3.29. The molecule has 1 atom stereocenters. The number of aliphatic imine (C=N–C) groups is 1. The number of guanidine groups is 1. The Morgan fingerprint density at radius 1 is 1.09 bits per heavy atom. The van der Waals surface area contributed by atoms with E-state index >= 15 is 0 Å². The molecule has 1 fully saturated rings. The van der Waals surface area contributed by atoms with Crippen molar-refractivity contribution in [2.75, 3.05) is 50.9 Å². The second kappa shape index (κ2) is 15.0. The Balaban J connectivity index is 0.00000385. The quantitative estimate of drug-likeness (QED) is 0.180. The van der Waals surface area contributed by atoms with Crippen LogP contribution in [0.15, 0.2) is 53.5 Å². The van der Waals surface area contributed by atoms with E-state index in [1.165, 1.54) is 17.7 Å². The van der Waals surface area contributed by atoms with Gasteiger partial charge in [-0.25, -0.2) is 4.99 Å². The fourth-order valence-corrected chi connectivity index (χ4v) is 3.90. The number of anilines is 1. The van der Waals surface area contributed by atoms with Crippen LogP contribution in [0, 0.1) is 12.8 Å². The van der Waals surface area contributed by atoms with Gasteiger partial charge in [-0.1, -0.05) is 30.3 Å². The zero-order valence-corrected chi connectivity index (χ0v) is 22.5.